The highest BCUT2D eigenvalue weighted by Gasteiger charge is 2.15. The third-order valence-corrected chi connectivity index (χ3v) is 5.96. The highest BCUT2D eigenvalue weighted by molar-refractivity contribution is 9.10. The maximum Gasteiger partial charge on any atom is 0.282 e. The highest BCUT2D eigenvalue weighted by atomic mass is 79.9. The molecule has 0 saturated carbocycles. The van der Waals surface area contributed by atoms with E-state index in [1.165, 1.54) is 4.68 Å². The summed E-state index contributed by atoms with van der Waals surface area (Å²) in [7, 11) is 3.14. The predicted molar refractivity (Wildman–Crippen MR) is 141 cm³/mol. The lowest BCUT2D eigenvalue weighted by molar-refractivity contribution is 0.266. The summed E-state index contributed by atoms with van der Waals surface area (Å²) < 4.78 is 19.4. The number of hydrogen-bond donors (Lipinski definition) is 0. The quantitative estimate of drug-likeness (QED) is 0.278. The predicted octanol–water partition coefficient (Wildman–Crippen LogP) is 5.51. The number of fused-ring (bicyclic) bond motifs is 1. The summed E-state index contributed by atoms with van der Waals surface area (Å²) in [6, 6.07) is 17.1. The maximum atomic E-state index is 13.1. The van der Waals surface area contributed by atoms with Gasteiger partial charge in [-0.15, -0.1) is 0 Å². The number of nitrogens with zero attached hydrogens (tertiary/aromatic N) is 3. The summed E-state index contributed by atoms with van der Waals surface area (Å²) in [6.45, 7) is 4.35. The van der Waals surface area contributed by atoms with Gasteiger partial charge in [-0.25, -0.2) is 4.98 Å². The van der Waals surface area contributed by atoms with Crippen LogP contribution in [0.5, 0.6) is 17.2 Å². The molecule has 0 bridgehead atoms. The Balaban J connectivity index is 1.69. The molecule has 0 atom stereocenters. The molecule has 1 heterocycles. The molecule has 4 rings (SSSR count). The lowest BCUT2D eigenvalue weighted by Crippen LogP contribution is -2.22. The molecule has 0 fully saturated rings. The molecule has 0 spiro atoms. The fraction of sp³-hybridized carbons (Fsp3) is 0.222. The van der Waals surface area contributed by atoms with Crippen molar-refractivity contribution in [3.8, 4) is 17.2 Å². The van der Waals surface area contributed by atoms with Crippen molar-refractivity contribution in [2.45, 2.75) is 26.9 Å². The van der Waals surface area contributed by atoms with Crippen LogP contribution in [0.15, 0.2) is 69.0 Å². The number of methoxy groups -OCH3 is 2. The molecule has 1 aromatic heterocycles. The van der Waals surface area contributed by atoms with Crippen molar-refractivity contribution in [3.63, 3.8) is 0 Å². The van der Waals surface area contributed by atoms with Crippen LogP contribution in [0.2, 0.25) is 0 Å². The van der Waals surface area contributed by atoms with Crippen LogP contribution in [0.1, 0.15) is 29.4 Å². The molecule has 7 nitrogen and oxygen atoms in total. The number of hydrogen-bond acceptors (Lipinski definition) is 6. The molecule has 0 aliphatic carbocycles. The van der Waals surface area contributed by atoms with E-state index in [2.05, 4.69) is 32.1 Å². The monoisotopic (exact) mass is 535 g/mol. The first-order valence-electron chi connectivity index (χ1n) is 11.1. The van der Waals surface area contributed by atoms with E-state index >= 15 is 0 Å². The molecule has 180 valence electrons. The largest absolute Gasteiger partial charge is 0.493 e. The molecule has 0 aliphatic rings. The van der Waals surface area contributed by atoms with Crippen LogP contribution in [-0.4, -0.2) is 30.1 Å². The molecule has 0 unspecified atom stereocenters. The molecule has 8 heteroatoms. The van der Waals surface area contributed by atoms with Gasteiger partial charge in [-0.1, -0.05) is 52.7 Å². The van der Waals surface area contributed by atoms with E-state index in [-0.39, 0.29) is 5.56 Å². The first kappa shape index (κ1) is 24.5. The second kappa shape index (κ2) is 10.7. The van der Waals surface area contributed by atoms with Gasteiger partial charge < -0.3 is 14.2 Å². The number of halogens is 1. The van der Waals surface area contributed by atoms with Gasteiger partial charge in [0.1, 0.15) is 12.4 Å². The zero-order valence-corrected chi connectivity index (χ0v) is 21.6. The third kappa shape index (κ3) is 5.38. The minimum absolute atomic E-state index is 0.235. The Bertz CT molecular complexity index is 1440. The number of rotatable bonds is 8. The van der Waals surface area contributed by atoms with E-state index in [1.54, 1.807) is 38.6 Å². The second-order valence-electron chi connectivity index (χ2n) is 7.94. The molecule has 35 heavy (non-hydrogen) atoms. The van der Waals surface area contributed by atoms with Crippen molar-refractivity contribution in [1.82, 2.24) is 9.66 Å². The van der Waals surface area contributed by atoms with Crippen molar-refractivity contribution < 1.29 is 14.2 Å². The van der Waals surface area contributed by atoms with Crippen molar-refractivity contribution in [2.24, 2.45) is 5.10 Å². The number of aromatic nitrogens is 2. The van der Waals surface area contributed by atoms with Crippen LogP contribution in [0.3, 0.4) is 0 Å². The molecular formula is C27H26BrN3O4. The van der Waals surface area contributed by atoms with Gasteiger partial charge in [-0.05, 0) is 42.8 Å². The average molecular weight is 536 g/mol. The Hall–Kier alpha value is -3.65. The Morgan fingerprint density at radius 2 is 1.80 bits per heavy atom. The van der Waals surface area contributed by atoms with Gasteiger partial charge >= 0.3 is 0 Å². The van der Waals surface area contributed by atoms with Gasteiger partial charge in [-0.3, -0.25) is 4.79 Å². The van der Waals surface area contributed by atoms with Crippen molar-refractivity contribution >= 4 is 33.0 Å². The van der Waals surface area contributed by atoms with Crippen LogP contribution < -0.4 is 19.8 Å². The molecule has 0 amide bonds. The maximum absolute atomic E-state index is 13.1. The van der Waals surface area contributed by atoms with Gasteiger partial charge in [0, 0.05) is 16.5 Å². The van der Waals surface area contributed by atoms with Gasteiger partial charge in [0.05, 0.1) is 31.3 Å². The summed E-state index contributed by atoms with van der Waals surface area (Å²) in [5.41, 5.74) is 3.29. The minimum atomic E-state index is -0.235. The summed E-state index contributed by atoms with van der Waals surface area (Å²) in [5.74, 6) is 2.07. The molecule has 4 aromatic rings. The molecule has 0 saturated heterocycles. The van der Waals surface area contributed by atoms with Crippen molar-refractivity contribution in [1.29, 1.82) is 0 Å². The third-order valence-electron chi connectivity index (χ3n) is 5.46. The van der Waals surface area contributed by atoms with Crippen LogP contribution in [0, 0.1) is 6.92 Å². The molecule has 0 N–H and O–H groups in total. The van der Waals surface area contributed by atoms with E-state index < -0.39 is 0 Å². The normalized spacial score (nSPS) is 11.2. The smallest absolute Gasteiger partial charge is 0.282 e. The van der Waals surface area contributed by atoms with Crippen LogP contribution in [-0.2, 0) is 13.0 Å². The molecule has 0 radical (unpaired) electrons. The van der Waals surface area contributed by atoms with Gasteiger partial charge in [0.2, 0.25) is 5.75 Å². The highest BCUT2D eigenvalue weighted by Crippen LogP contribution is 2.38. The Kier molecular flexibility index (Phi) is 7.51. The van der Waals surface area contributed by atoms with E-state index in [4.69, 9.17) is 14.2 Å². The van der Waals surface area contributed by atoms with Crippen molar-refractivity contribution in [3.05, 3.63) is 91.9 Å². The summed E-state index contributed by atoms with van der Waals surface area (Å²) in [4.78, 5) is 17.8. The fourth-order valence-corrected chi connectivity index (χ4v) is 4.10. The summed E-state index contributed by atoms with van der Waals surface area (Å²) in [5, 5.41) is 4.95. The van der Waals surface area contributed by atoms with Crippen LogP contribution >= 0.6 is 15.9 Å². The number of aryl methyl sites for hydroxylation is 2. The minimum Gasteiger partial charge on any atom is -0.493 e. The first-order valence-corrected chi connectivity index (χ1v) is 11.9. The van der Waals surface area contributed by atoms with E-state index in [9.17, 15) is 4.79 Å². The Morgan fingerprint density at radius 3 is 2.46 bits per heavy atom. The standard InChI is InChI=1S/C27H26BrN3O4/c1-5-25-30-22-10-9-20(28)14-21(22)27(32)31(25)29-15-19-12-23(33-3)26(24(13-19)34-4)35-16-18-8-6-7-17(2)11-18/h6-15H,5,16H2,1-4H3. The lowest BCUT2D eigenvalue weighted by Gasteiger charge is -2.15. The van der Waals surface area contributed by atoms with E-state index in [0.29, 0.717) is 52.6 Å². The fourth-order valence-electron chi connectivity index (χ4n) is 3.74. The average Bonchev–Trinajstić information content (AvgIpc) is 2.86. The second-order valence-corrected chi connectivity index (χ2v) is 8.85. The molecule has 0 aliphatic heterocycles. The lowest BCUT2D eigenvalue weighted by atomic mass is 10.1. The van der Waals surface area contributed by atoms with E-state index in [1.807, 2.05) is 44.2 Å². The molecule has 3 aromatic carbocycles. The Morgan fingerprint density at radius 1 is 1.06 bits per heavy atom. The van der Waals surface area contributed by atoms with Crippen LogP contribution in [0.4, 0.5) is 0 Å². The van der Waals surface area contributed by atoms with Crippen molar-refractivity contribution in [2.75, 3.05) is 14.2 Å². The molecular weight excluding hydrogens is 510 g/mol. The number of benzene rings is 3. The Labute approximate surface area is 212 Å². The van der Waals surface area contributed by atoms with Gasteiger partial charge in [0.25, 0.3) is 5.56 Å². The first-order chi connectivity index (χ1) is 16.9. The van der Waals surface area contributed by atoms with Gasteiger partial charge in [0.15, 0.2) is 11.5 Å². The van der Waals surface area contributed by atoms with Crippen LogP contribution in [0.25, 0.3) is 10.9 Å². The zero-order chi connectivity index (χ0) is 24.9. The SMILES string of the molecule is CCc1nc2ccc(Br)cc2c(=O)n1N=Cc1cc(OC)c(OCc2cccc(C)c2)c(OC)c1. The number of ether oxygens (including phenoxy) is 3. The van der Waals surface area contributed by atoms with E-state index in [0.717, 1.165) is 15.6 Å². The zero-order valence-electron chi connectivity index (χ0n) is 20.0. The summed E-state index contributed by atoms with van der Waals surface area (Å²) >= 11 is 3.42. The topological polar surface area (TPSA) is 74.9 Å². The summed E-state index contributed by atoms with van der Waals surface area (Å²) in [6.07, 6.45) is 2.14. The van der Waals surface area contributed by atoms with Gasteiger partial charge in [-0.2, -0.15) is 9.78 Å².